The predicted octanol–water partition coefficient (Wildman–Crippen LogP) is 3.56. The molecule has 2 unspecified atom stereocenters. The van der Waals surface area contributed by atoms with Gasteiger partial charge in [-0.25, -0.2) is 15.0 Å². The summed E-state index contributed by atoms with van der Waals surface area (Å²) in [4.78, 5) is 17.1. The van der Waals surface area contributed by atoms with E-state index in [2.05, 4.69) is 26.8 Å². The van der Waals surface area contributed by atoms with Crippen LogP contribution in [-0.4, -0.2) is 40.6 Å². The maximum absolute atomic E-state index is 13.0. The molecule has 0 N–H and O–H groups in total. The Kier molecular flexibility index (Phi) is 4.65. The van der Waals surface area contributed by atoms with Gasteiger partial charge in [0.1, 0.15) is 18.0 Å². The lowest BCUT2D eigenvalue weighted by Crippen LogP contribution is -2.49. The van der Waals surface area contributed by atoms with E-state index in [1.54, 1.807) is 6.33 Å². The van der Waals surface area contributed by atoms with E-state index in [0.29, 0.717) is 18.3 Å². The van der Waals surface area contributed by atoms with Crippen molar-refractivity contribution in [3.63, 3.8) is 0 Å². The number of nitrogens with zero attached hydrogens (tertiary/aromatic N) is 5. The minimum Gasteiger partial charge on any atom is -0.355 e. The van der Waals surface area contributed by atoms with E-state index in [1.807, 2.05) is 11.0 Å². The third-order valence-corrected chi connectivity index (χ3v) is 5.63. The summed E-state index contributed by atoms with van der Waals surface area (Å²) in [5.41, 5.74) is 0.344. The average molecular weight is 377 g/mol. The molecule has 0 radical (unpaired) electrons. The molecule has 0 aliphatic carbocycles. The van der Waals surface area contributed by atoms with E-state index in [1.165, 1.54) is 6.20 Å². The molecule has 0 bridgehead atoms. The molecule has 4 heterocycles. The highest BCUT2D eigenvalue weighted by molar-refractivity contribution is 5.47. The van der Waals surface area contributed by atoms with Gasteiger partial charge in [0.05, 0.1) is 11.6 Å². The van der Waals surface area contributed by atoms with Crippen LogP contribution in [0.5, 0.6) is 0 Å². The number of alkyl halides is 3. The molecule has 0 aromatic carbocycles. The first-order chi connectivity index (χ1) is 13.0. The molecule has 2 aromatic rings. The van der Waals surface area contributed by atoms with E-state index >= 15 is 0 Å². The van der Waals surface area contributed by atoms with Crippen molar-refractivity contribution in [2.24, 2.45) is 5.92 Å². The molecule has 8 heteroatoms. The van der Waals surface area contributed by atoms with E-state index < -0.39 is 11.7 Å². The summed E-state index contributed by atoms with van der Waals surface area (Å²) in [7, 11) is 0. The number of pyridine rings is 1. The number of aromatic nitrogens is 3. The summed E-state index contributed by atoms with van der Waals surface area (Å²) in [6.07, 6.45) is 1.36. The van der Waals surface area contributed by atoms with Gasteiger partial charge in [-0.05, 0) is 37.3 Å². The molecule has 0 saturated carbocycles. The highest BCUT2D eigenvalue weighted by Gasteiger charge is 2.40. The number of aryl methyl sites for hydroxylation is 1. The Balaban J connectivity index is 1.56. The predicted molar refractivity (Wildman–Crippen MR) is 96.7 cm³/mol. The molecule has 27 heavy (non-hydrogen) atoms. The van der Waals surface area contributed by atoms with Gasteiger partial charge in [-0.3, -0.25) is 0 Å². The van der Waals surface area contributed by atoms with Crippen LogP contribution in [0.1, 0.15) is 31.0 Å². The summed E-state index contributed by atoms with van der Waals surface area (Å²) >= 11 is 0. The van der Waals surface area contributed by atoms with Crippen molar-refractivity contribution in [3.05, 3.63) is 42.0 Å². The van der Waals surface area contributed by atoms with Crippen LogP contribution in [0.15, 0.2) is 30.7 Å². The zero-order chi connectivity index (χ0) is 19.0. The summed E-state index contributed by atoms with van der Waals surface area (Å²) in [5.74, 6) is 1.84. The number of rotatable bonds is 3. The fourth-order valence-corrected chi connectivity index (χ4v) is 4.14. The fourth-order valence-electron chi connectivity index (χ4n) is 4.14. The number of halogens is 3. The smallest absolute Gasteiger partial charge is 0.355 e. The molecular formula is C19H22F3N5. The Morgan fingerprint density at radius 3 is 2.67 bits per heavy atom. The van der Waals surface area contributed by atoms with Gasteiger partial charge in [0.15, 0.2) is 0 Å². The van der Waals surface area contributed by atoms with Crippen molar-refractivity contribution in [1.29, 1.82) is 0 Å². The standard InChI is InChI=1S/C19H22F3N5/c1-2-15-10-18(25-12-24-15)27-8-5-13-4-7-26(11-16(13)27)17-9-14(3-6-23-17)19(20,21)22/h3,6,9-10,12-13,16H,2,4-5,7-8,11H2,1H3. The lowest BCUT2D eigenvalue weighted by Gasteiger charge is -2.39. The lowest BCUT2D eigenvalue weighted by molar-refractivity contribution is -0.137. The lowest BCUT2D eigenvalue weighted by atomic mass is 9.92. The van der Waals surface area contributed by atoms with Gasteiger partial charge in [-0.2, -0.15) is 13.2 Å². The van der Waals surface area contributed by atoms with Crippen molar-refractivity contribution in [1.82, 2.24) is 15.0 Å². The molecule has 2 fully saturated rings. The molecule has 2 saturated heterocycles. The number of piperidine rings is 1. The molecule has 0 spiro atoms. The number of hydrogen-bond donors (Lipinski definition) is 0. The van der Waals surface area contributed by atoms with Crippen LogP contribution in [0.2, 0.25) is 0 Å². The second-order valence-electron chi connectivity index (χ2n) is 7.17. The Labute approximate surface area is 156 Å². The van der Waals surface area contributed by atoms with Crippen molar-refractivity contribution in [2.45, 2.75) is 38.4 Å². The van der Waals surface area contributed by atoms with Crippen molar-refractivity contribution >= 4 is 11.6 Å². The topological polar surface area (TPSA) is 45.2 Å². The minimum absolute atomic E-state index is 0.231. The van der Waals surface area contributed by atoms with Gasteiger partial charge in [0, 0.05) is 37.6 Å². The van der Waals surface area contributed by atoms with E-state index in [9.17, 15) is 13.2 Å². The quantitative estimate of drug-likeness (QED) is 0.819. The van der Waals surface area contributed by atoms with E-state index in [4.69, 9.17) is 0 Å². The molecular weight excluding hydrogens is 355 g/mol. The van der Waals surface area contributed by atoms with Crippen LogP contribution in [0, 0.1) is 5.92 Å². The van der Waals surface area contributed by atoms with Gasteiger partial charge >= 0.3 is 6.18 Å². The second-order valence-corrected chi connectivity index (χ2v) is 7.17. The SMILES string of the molecule is CCc1cc(N2CCC3CCN(c4cc(C(F)(F)F)ccn4)CC32)ncn1. The molecule has 4 rings (SSSR count). The van der Waals surface area contributed by atoms with Crippen LogP contribution >= 0.6 is 0 Å². The average Bonchev–Trinajstić information content (AvgIpc) is 3.10. The minimum atomic E-state index is -4.35. The molecule has 2 atom stereocenters. The number of hydrogen-bond acceptors (Lipinski definition) is 5. The first-order valence-electron chi connectivity index (χ1n) is 9.31. The number of anilines is 2. The highest BCUT2D eigenvalue weighted by atomic mass is 19.4. The Hall–Kier alpha value is -2.38. The third-order valence-electron chi connectivity index (χ3n) is 5.63. The van der Waals surface area contributed by atoms with E-state index in [-0.39, 0.29) is 6.04 Å². The van der Waals surface area contributed by atoms with Crippen LogP contribution in [0.3, 0.4) is 0 Å². The zero-order valence-corrected chi connectivity index (χ0v) is 15.2. The Morgan fingerprint density at radius 1 is 1.07 bits per heavy atom. The number of fused-ring (bicyclic) bond motifs is 1. The maximum atomic E-state index is 13.0. The summed E-state index contributed by atoms with van der Waals surface area (Å²) in [6, 6.07) is 4.42. The normalized spacial score (nSPS) is 22.8. The van der Waals surface area contributed by atoms with E-state index in [0.717, 1.165) is 56.0 Å². The molecule has 0 amide bonds. The van der Waals surface area contributed by atoms with Crippen LogP contribution in [0.25, 0.3) is 0 Å². The molecule has 5 nitrogen and oxygen atoms in total. The monoisotopic (exact) mass is 377 g/mol. The molecule has 144 valence electrons. The first kappa shape index (κ1) is 18.0. The fraction of sp³-hybridized carbons (Fsp3) is 0.526. The van der Waals surface area contributed by atoms with Crippen LogP contribution < -0.4 is 9.80 Å². The first-order valence-corrected chi connectivity index (χ1v) is 9.31. The van der Waals surface area contributed by atoms with Crippen molar-refractivity contribution < 1.29 is 13.2 Å². The van der Waals surface area contributed by atoms with Gasteiger partial charge in [-0.15, -0.1) is 0 Å². The van der Waals surface area contributed by atoms with Crippen LogP contribution in [0.4, 0.5) is 24.8 Å². The summed E-state index contributed by atoms with van der Waals surface area (Å²) in [5, 5.41) is 0. The second kappa shape index (κ2) is 6.98. The van der Waals surface area contributed by atoms with Crippen molar-refractivity contribution in [2.75, 3.05) is 29.4 Å². The van der Waals surface area contributed by atoms with Gasteiger partial charge < -0.3 is 9.80 Å². The summed E-state index contributed by atoms with van der Waals surface area (Å²) in [6.45, 7) is 4.36. The largest absolute Gasteiger partial charge is 0.416 e. The maximum Gasteiger partial charge on any atom is 0.416 e. The Morgan fingerprint density at radius 2 is 1.89 bits per heavy atom. The van der Waals surface area contributed by atoms with Gasteiger partial charge in [0.2, 0.25) is 0 Å². The summed E-state index contributed by atoms with van der Waals surface area (Å²) < 4.78 is 39.1. The van der Waals surface area contributed by atoms with Gasteiger partial charge in [0.25, 0.3) is 0 Å². The van der Waals surface area contributed by atoms with Crippen LogP contribution in [-0.2, 0) is 12.6 Å². The zero-order valence-electron chi connectivity index (χ0n) is 15.2. The van der Waals surface area contributed by atoms with Crippen molar-refractivity contribution in [3.8, 4) is 0 Å². The van der Waals surface area contributed by atoms with Gasteiger partial charge in [-0.1, -0.05) is 6.92 Å². The molecule has 2 aromatic heterocycles. The third kappa shape index (κ3) is 3.57. The molecule has 2 aliphatic rings. The highest BCUT2D eigenvalue weighted by Crippen LogP contribution is 2.37. The Bertz CT molecular complexity index is 810. The molecule has 2 aliphatic heterocycles.